The van der Waals surface area contributed by atoms with E-state index in [2.05, 4.69) is 25.8 Å². The van der Waals surface area contributed by atoms with Gasteiger partial charge in [-0.3, -0.25) is 10.1 Å². The van der Waals surface area contributed by atoms with Crippen LogP contribution in [-0.2, 0) is 0 Å². The fourth-order valence-corrected chi connectivity index (χ4v) is 1.56. The third-order valence-electron chi connectivity index (χ3n) is 1.81. The van der Waals surface area contributed by atoms with Crippen LogP contribution in [0.5, 0.6) is 0 Å². The molecule has 2 aromatic rings. The third kappa shape index (κ3) is 2.31. The second-order valence-corrected chi connectivity index (χ2v) is 3.74. The molecule has 1 amide bonds. The Morgan fingerprint density at radius 1 is 1.38 bits per heavy atom. The minimum Gasteiger partial charge on any atom is -0.372 e. The number of thiazole rings is 1. The minimum absolute atomic E-state index is 0.259. The highest BCUT2D eigenvalue weighted by Gasteiger charge is 2.09. The number of rotatable bonds is 3. The van der Waals surface area contributed by atoms with Crippen LogP contribution >= 0.6 is 11.3 Å². The third-order valence-corrected chi connectivity index (χ3v) is 2.49. The van der Waals surface area contributed by atoms with Gasteiger partial charge in [-0.05, 0) is 12.1 Å². The predicted octanol–water partition coefficient (Wildman–Crippen LogP) is 1.23. The van der Waals surface area contributed by atoms with Crippen LogP contribution in [0.1, 0.15) is 10.5 Å². The molecule has 0 fully saturated rings. The summed E-state index contributed by atoms with van der Waals surface area (Å²) in [6.07, 6.45) is 1.62. The van der Waals surface area contributed by atoms with Gasteiger partial charge in [-0.25, -0.2) is 4.98 Å². The summed E-state index contributed by atoms with van der Waals surface area (Å²) in [6, 6.07) is 3.28. The van der Waals surface area contributed by atoms with Crippen molar-refractivity contribution in [1.82, 2.24) is 15.2 Å². The van der Waals surface area contributed by atoms with E-state index < -0.39 is 0 Å². The Balaban J connectivity index is 2.09. The summed E-state index contributed by atoms with van der Waals surface area (Å²) in [7, 11) is 1.74. The lowest BCUT2D eigenvalue weighted by atomic mass is 10.3. The highest BCUT2D eigenvalue weighted by Crippen LogP contribution is 2.11. The summed E-state index contributed by atoms with van der Waals surface area (Å²) in [5.41, 5.74) is 0.259. The topological polar surface area (TPSA) is 79.8 Å². The van der Waals surface area contributed by atoms with Crippen molar-refractivity contribution >= 4 is 28.2 Å². The van der Waals surface area contributed by atoms with Crippen LogP contribution in [0.15, 0.2) is 23.7 Å². The first-order valence-electron chi connectivity index (χ1n) is 4.52. The average Bonchev–Trinajstić information content (AvgIpc) is 2.82. The fraction of sp³-hybridized carbons (Fsp3) is 0.111. The van der Waals surface area contributed by atoms with Crippen molar-refractivity contribution in [2.75, 3.05) is 17.7 Å². The van der Waals surface area contributed by atoms with E-state index >= 15 is 0 Å². The Morgan fingerprint density at radius 3 is 2.81 bits per heavy atom. The lowest BCUT2D eigenvalue weighted by Gasteiger charge is -2.01. The van der Waals surface area contributed by atoms with E-state index in [4.69, 9.17) is 0 Å². The number of nitrogens with zero attached hydrogens (tertiary/aromatic N) is 3. The quantitative estimate of drug-likeness (QED) is 0.836. The molecule has 0 bridgehead atoms. The molecule has 82 valence electrons. The SMILES string of the molecule is CNc1ccc(C(=O)Nc2nccs2)nn1. The zero-order chi connectivity index (χ0) is 11.4. The van der Waals surface area contributed by atoms with Crippen LogP contribution < -0.4 is 10.6 Å². The first kappa shape index (κ1) is 10.5. The fourth-order valence-electron chi connectivity index (χ4n) is 1.03. The van der Waals surface area contributed by atoms with E-state index in [9.17, 15) is 4.79 Å². The molecule has 0 aromatic carbocycles. The number of anilines is 2. The van der Waals surface area contributed by atoms with Crippen molar-refractivity contribution in [1.29, 1.82) is 0 Å². The second-order valence-electron chi connectivity index (χ2n) is 2.85. The average molecular weight is 235 g/mol. The maximum absolute atomic E-state index is 11.6. The molecule has 0 atom stereocenters. The summed E-state index contributed by atoms with van der Waals surface area (Å²) in [6.45, 7) is 0. The number of aromatic nitrogens is 3. The Morgan fingerprint density at radius 2 is 2.25 bits per heavy atom. The van der Waals surface area contributed by atoms with Crippen molar-refractivity contribution in [3.05, 3.63) is 29.4 Å². The highest BCUT2D eigenvalue weighted by atomic mass is 32.1. The number of carbonyl (C=O) groups excluding carboxylic acids is 1. The Hall–Kier alpha value is -2.02. The summed E-state index contributed by atoms with van der Waals surface area (Å²) >= 11 is 1.35. The van der Waals surface area contributed by atoms with Crippen molar-refractivity contribution in [2.45, 2.75) is 0 Å². The van der Waals surface area contributed by atoms with Crippen molar-refractivity contribution < 1.29 is 4.79 Å². The first-order chi connectivity index (χ1) is 7.79. The normalized spacial score (nSPS) is 9.81. The van der Waals surface area contributed by atoms with Gasteiger partial charge in [0, 0.05) is 18.6 Å². The number of nitrogens with one attached hydrogen (secondary N) is 2. The van der Waals surface area contributed by atoms with E-state index in [0.717, 1.165) is 0 Å². The Kier molecular flexibility index (Phi) is 3.06. The van der Waals surface area contributed by atoms with Crippen LogP contribution in [0.25, 0.3) is 0 Å². The zero-order valence-electron chi connectivity index (χ0n) is 8.47. The zero-order valence-corrected chi connectivity index (χ0v) is 9.28. The van der Waals surface area contributed by atoms with Crippen molar-refractivity contribution in [2.24, 2.45) is 0 Å². The van der Waals surface area contributed by atoms with Gasteiger partial charge in [-0.2, -0.15) is 0 Å². The van der Waals surface area contributed by atoms with Crippen LogP contribution in [0.3, 0.4) is 0 Å². The maximum Gasteiger partial charge on any atom is 0.277 e. The summed E-state index contributed by atoms with van der Waals surface area (Å²) < 4.78 is 0. The standard InChI is InChI=1S/C9H9N5OS/c1-10-7-3-2-6(13-14-7)8(15)12-9-11-4-5-16-9/h2-5H,1H3,(H,10,14)(H,11,12,15). The minimum atomic E-state index is -0.315. The monoisotopic (exact) mass is 235 g/mol. The smallest absolute Gasteiger partial charge is 0.277 e. The molecule has 0 spiro atoms. The second kappa shape index (κ2) is 4.67. The number of hydrogen-bond donors (Lipinski definition) is 2. The Labute approximate surface area is 95.7 Å². The van der Waals surface area contributed by atoms with Crippen molar-refractivity contribution in [3.8, 4) is 0 Å². The molecule has 0 unspecified atom stereocenters. The van der Waals surface area contributed by atoms with E-state index in [1.165, 1.54) is 11.3 Å². The lowest BCUT2D eigenvalue weighted by Crippen LogP contribution is -2.14. The Bertz CT molecular complexity index is 467. The molecule has 0 aliphatic carbocycles. The lowest BCUT2D eigenvalue weighted by molar-refractivity contribution is 0.102. The molecule has 2 aromatic heterocycles. The molecular formula is C9H9N5OS. The van der Waals surface area contributed by atoms with Gasteiger partial charge in [0.25, 0.3) is 5.91 Å². The summed E-state index contributed by atoms with van der Waals surface area (Å²) in [5.74, 6) is 0.302. The van der Waals surface area contributed by atoms with Gasteiger partial charge in [-0.1, -0.05) is 0 Å². The molecule has 6 nitrogen and oxygen atoms in total. The first-order valence-corrected chi connectivity index (χ1v) is 5.40. The van der Waals surface area contributed by atoms with Gasteiger partial charge in [0.05, 0.1) is 0 Å². The molecule has 0 saturated carbocycles. The van der Waals surface area contributed by atoms with Gasteiger partial charge >= 0.3 is 0 Å². The summed E-state index contributed by atoms with van der Waals surface area (Å²) in [5, 5.41) is 15.4. The highest BCUT2D eigenvalue weighted by molar-refractivity contribution is 7.13. The predicted molar refractivity (Wildman–Crippen MR) is 61.6 cm³/mol. The molecular weight excluding hydrogens is 226 g/mol. The van der Waals surface area contributed by atoms with Crippen molar-refractivity contribution in [3.63, 3.8) is 0 Å². The number of carbonyl (C=O) groups is 1. The largest absolute Gasteiger partial charge is 0.372 e. The van der Waals surface area contributed by atoms with E-state index in [0.29, 0.717) is 10.9 Å². The van der Waals surface area contributed by atoms with Crippen LogP contribution in [-0.4, -0.2) is 28.1 Å². The van der Waals surface area contributed by atoms with Gasteiger partial charge < -0.3 is 5.32 Å². The molecule has 0 radical (unpaired) electrons. The number of hydrogen-bond acceptors (Lipinski definition) is 6. The molecule has 0 aliphatic rings. The van der Waals surface area contributed by atoms with Gasteiger partial charge in [0.15, 0.2) is 10.8 Å². The van der Waals surface area contributed by atoms with Gasteiger partial charge in [0.2, 0.25) is 0 Å². The number of amides is 1. The molecule has 2 heterocycles. The summed E-state index contributed by atoms with van der Waals surface area (Å²) in [4.78, 5) is 15.6. The molecule has 0 aliphatic heterocycles. The molecule has 16 heavy (non-hydrogen) atoms. The van der Waals surface area contributed by atoms with Crippen LogP contribution in [0.2, 0.25) is 0 Å². The molecule has 7 heteroatoms. The van der Waals surface area contributed by atoms with E-state index in [1.54, 1.807) is 30.8 Å². The molecule has 2 rings (SSSR count). The van der Waals surface area contributed by atoms with Gasteiger partial charge in [0.1, 0.15) is 5.82 Å². The van der Waals surface area contributed by atoms with E-state index in [1.807, 2.05) is 0 Å². The molecule has 2 N–H and O–H groups in total. The maximum atomic E-state index is 11.6. The van der Waals surface area contributed by atoms with Crippen LogP contribution in [0.4, 0.5) is 10.9 Å². The van der Waals surface area contributed by atoms with Gasteiger partial charge in [-0.15, -0.1) is 21.5 Å². The van der Waals surface area contributed by atoms with Crippen LogP contribution in [0, 0.1) is 0 Å². The van der Waals surface area contributed by atoms with E-state index in [-0.39, 0.29) is 11.6 Å². The molecule has 0 saturated heterocycles.